The molecule has 0 saturated carbocycles. The molecule has 1 aliphatic heterocycles. The number of rotatable bonds is 3. The molecule has 128 valence electrons. The van der Waals surface area contributed by atoms with Gasteiger partial charge < -0.3 is 20.3 Å². The summed E-state index contributed by atoms with van der Waals surface area (Å²) >= 11 is 1.72. The number of hydrogen-bond acceptors (Lipinski definition) is 5. The van der Waals surface area contributed by atoms with Crippen molar-refractivity contribution in [1.82, 2.24) is 4.90 Å². The summed E-state index contributed by atoms with van der Waals surface area (Å²) in [5, 5.41) is 0. The highest BCUT2D eigenvalue weighted by atomic mass is 32.2. The van der Waals surface area contributed by atoms with Gasteiger partial charge in [0.25, 0.3) is 0 Å². The Morgan fingerprint density at radius 3 is 2.43 bits per heavy atom. The summed E-state index contributed by atoms with van der Waals surface area (Å²) in [5.41, 5.74) is 7.87. The van der Waals surface area contributed by atoms with Crippen LogP contribution in [0, 0.1) is 0 Å². The summed E-state index contributed by atoms with van der Waals surface area (Å²) in [4.78, 5) is 17.5. The van der Waals surface area contributed by atoms with Crippen molar-refractivity contribution < 1.29 is 9.53 Å². The second-order valence-corrected chi connectivity index (χ2v) is 7.46. The van der Waals surface area contributed by atoms with E-state index in [1.807, 2.05) is 20.8 Å². The van der Waals surface area contributed by atoms with E-state index in [1.54, 1.807) is 16.7 Å². The fourth-order valence-electron chi connectivity index (χ4n) is 2.70. The molecule has 5 nitrogen and oxygen atoms in total. The minimum atomic E-state index is -0.451. The number of nitrogens with two attached hydrogens (primary N) is 1. The fourth-order valence-corrected chi connectivity index (χ4v) is 3.35. The van der Waals surface area contributed by atoms with E-state index in [0.717, 1.165) is 13.1 Å². The van der Waals surface area contributed by atoms with Crippen LogP contribution in [0.15, 0.2) is 23.1 Å². The molecule has 0 radical (unpaired) electrons. The van der Waals surface area contributed by atoms with E-state index in [0.29, 0.717) is 19.6 Å². The molecular formula is C17H27N3O2S. The van der Waals surface area contributed by atoms with Crippen LogP contribution in [0.25, 0.3) is 0 Å². The molecule has 2 N–H and O–H groups in total. The number of nitrogens with zero attached hydrogens (tertiary/aromatic N) is 2. The summed E-state index contributed by atoms with van der Waals surface area (Å²) in [7, 11) is 0. The highest BCUT2D eigenvalue weighted by molar-refractivity contribution is 7.98. The van der Waals surface area contributed by atoms with Crippen LogP contribution in [0.3, 0.4) is 0 Å². The van der Waals surface area contributed by atoms with Gasteiger partial charge in [-0.25, -0.2) is 4.79 Å². The highest BCUT2D eigenvalue weighted by Crippen LogP contribution is 2.30. The molecule has 0 bridgehead atoms. The third kappa shape index (κ3) is 4.54. The highest BCUT2D eigenvalue weighted by Gasteiger charge is 2.26. The third-order valence-corrected chi connectivity index (χ3v) is 4.63. The molecule has 0 atom stereocenters. The number of ether oxygens (including phenoxy) is 1. The van der Waals surface area contributed by atoms with Crippen molar-refractivity contribution in [3.63, 3.8) is 0 Å². The minimum absolute atomic E-state index is 0.228. The zero-order valence-corrected chi connectivity index (χ0v) is 15.3. The van der Waals surface area contributed by atoms with Gasteiger partial charge in [-0.1, -0.05) is 6.07 Å². The van der Waals surface area contributed by atoms with Crippen molar-refractivity contribution in [3.05, 3.63) is 23.8 Å². The van der Waals surface area contributed by atoms with Crippen molar-refractivity contribution in [1.29, 1.82) is 0 Å². The van der Waals surface area contributed by atoms with Crippen molar-refractivity contribution in [2.45, 2.75) is 37.8 Å². The van der Waals surface area contributed by atoms with Gasteiger partial charge in [0.2, 0.25) is 0 Å². The van der Waals surface area contributed by atoms with Gasteiger partial charge in [-0.2, -0.15) is 0 Å². The first-order valence-electron chi connectivity index (χ1n) is 7.94. The summed E-state index contributed by atoms with van der Waals surface area (Å²) in [6.07, 6.45) is 1.84. The van der Waals surface area contributed by atoms with Crippen LogP contribution in [0.5, 0.6) is 0 Å². The molecule has 1 fully saturated rings. The molecule has 23 heavy (non-hydrogen) atoms. The van der Waals surface area contributed by atoms with Crippen LogP contribution < -0.4 is 10.6 Å². The van der Waals surface area contributed by atoms with Gasteiger partial charge >= 0.3 is 6.09 Å². The Bertz CT molecular complexity index is 549. The second kappa shape index (κ2) is 7.45. The van der Waals surface area contributed by atoms with Crippen LogP contribution in [0.4, 0.5) is 10.5 Å². The largest absolute Gasteiger partial charge is 0.444 e. The zero-order chi connectivity index (χ0) is 17.0. The Morgan fingerprint density at radius 2 is 1.91 bits per heavy atom. The Morgan fingerprint density at radius 1 is 1.26 bits per heavy atom. The Labute approximate surface area is 143 Å². The van der Waals surface area contributed by atoms with E-state index < -0.39 is 5.60 Å². The molecule has 6 heteroatoms. The topological polar surface area (TPSA) is 58.8 Å². The number of carbonyl (C=O) groups is 1. The van der Waals surface area contributed by atoms with Crippen molar-refractivity contribution in [3.8, 4) is 0 Å². The average molecular weight is 337 g/mol. The summed E-state index contributed by atoms with van der Waals surface area (Å²) in [6, 6.07) is 6.29. The van der Waals surface area contributed by atoms with E-state index in [1.165, 1.54) is 16.1 Å². The van der Waals surface area contributed by atoms with Crippen molar-refractivity contribution in [2.75, 3.05) is 37.3 Å². The summed E-state index contributed by atoms with van der Waals surface area (Å²) in [5.74, 6) is 0. The van der Waals surface area contributed by atoms with Gasteiger partial charge in [0.15, 0.2) is 0 Å². The van der Waals surface area contributed by atoms with Gasteiger partial charge in [0.1, 0.15) is 5.60 Å². The van der Waals surface area contributed by atoms with Crippen LogP contribution in [0.2, 0.25) is 0 Å². The smallest absolute Gasteiger partial charge is 0.410 e. The van der Waals surface area contributed by atoms with Crippen LogP contribution in [-0.4, -0.2) is 49.0 Å². The lowest BCUT2D eigenvalue weighted by Crippen LogP contribution is -2.50. The molecule has 1 aromatic rings. The normalized spacial score (nSPS) is 15.7. The fraction of sp³-hybridized carbons (Fsp3) is 0.588. The molecule has 1 aromatic carbocycles. The molecule has 1 saturated heterocycles. The summed E-state index contributed by atoms with van der Waals surface area (Å²) < 4.78 is 5.44. The number of hydrogen-bond donors (Lipinski definition) is 1. The van der Waals surface area contributed by atoms with Gasteiger partial charge in [-0.3, -0.25) is 0 Å². The third-order valence-electron chi connectivity index (χ3n) is 3.80. The van der Waals surface area contributed by atoms with Crippen LogP contribution >= 0.6 is 11.8 Å². The molecule has 1 amide bonds. The minimum Gasteiger partial charge on any atom is -0.444 e. The lowest BCUT2D eigenvalue weighted by atomic mass is 10.1. The van der Waals surface area contributed by atoms with Crippen LogP contribution in [-0.2, 0) is 11.3 Å². The Balaban J connectivity index is 2.04. The Hall–Kier alpha value is -1.40. The van der Waals surface area contributed by atoms with Crippen molar-refractivity contribution >= 4 is 23.5 Å². The van der Waals surface area contributed by atoms with Gasteiger partial charge in [0, 0.05) is 48.9 Å². The standard InChI is InChI=1S/C17H27N3O2S/c1-17(2,3)22-16(21)20-10-8-19(9-11-20)14-6-5-7-15(23-4)13(14)12-18/h5-7H,8-12,18H2,1-4H3. The second-order valence-electron chi connectivity index (χ2n) is 6.62. The SMILES string of the molecule is CSc1cccc(N2CCN(C(=O)OC(C)(C)C)CC2)c1CN. The molecule has 2 rings (SSSR count). The van der Waals surface area contributed by atoms with E-state index in [9.17, 15) is 4.79 Å². The van der Waals surface area contributed by atoms with Gasteiger partial charge in [-0.05, 0) is 39.2 Å². The van der Waals surface area contributed by atoms with Crippen molar-refractivity contribution in [2.24, 2.45) is 5.73 Å². The Kier molecular flexibility index (Phi) is 5.81. The number of amides is 1. The quantitative estimate of drug-likeness (QED) is 0.860. The first-order valence-corrected chi connectivity index (χ1v) is 9.17. The maximum Gasteiger partial charge on any atom is 0.410 e. The predicted molar refractivity (Wildman–Crippen MR) is 96.1 cm³/mol. The average Bonchev–Trinajstić information content (AvgIpc) is 2.52. The summed E-state index contributed by atoms with van der Waals surface area (Å²) in [6.45, 7) is 9.13. The molecule has 0 unspecified atom stereocenters. The van der Waals surface area contributed by atoms with Gasteiger partial charge in [0.05, 0.1) is 0 Å². The van der Waals surface area contributed by atoms with Crippen LogP contribution in [0.1, 0.15) is 26.3 Å². The van der Waals surface area contributed by atoms with E-state index in [-0.39, 0.29) is 6.09 Å². The predicted octanol–water partition coefficient (Wildman–Crippen LogP) is 2.92. The van der Waals surface area contributed by atoms with Gasteiger partial charge in [-0.15, -0.1) is 11.8 Å². The zero-order valence-electron chi connectivity index (χ0n) is 14.5. The lowest BCUT2D eigenvalue weighted by molar-refractivity contribution is 0.0240. The molecule has 1 aliphatic rings. The molecular weight excluding hydrogens is 310 g/mol. The molecule has 1 heterocycles. The van der Waals surface area contributed by atoms with E-state index in [4.69, 9.17) is 10.5 Å². The van der Waals surface area contributed by atoms with E-state index >= 15 is 0 Å². The number of piperazine rings is 1. The number of benzene rings is 1. The first-order chi connectivity index (χ1) is 10.9. The number of anilines is 1. The maximum absolute atomic E-state index is 12.1. The van der Waals surface area contributed by atoms with E-state index in [2.05, 4.69) is 29.4 Å². The molecule has 0 aromatic heterocycles. The number of carbonyl (C=O) groups excluding carboxylic acids is 1. The molecule has 0 aliphatic carbocycles. The number of thioether (sulfide) groups is 1. The first kappa shape index (κ1) is 17.9. The maximum atomic E-state index is 12.1. The lowest BCUT2D eigenvalue weighted by Gasteiger charge is -2.37. The molecule has 0 spiro atoms. The monoisotopic (exact) mass is 337 g/mol.